The molecule has 0 aliphatic heterocycles. The lowest BCUT2D eigenvalue weighted by Crippen LogP contribution is -1.97. The van der Waals surface area contributed by atoms with Crippen LogP contribution in [0.1, 0.15) is 11.5 Å². The van der Waals surface area contributed by atoms with Gasteiger partial charge in [0.05, 0.1) is 6.54 Å². The van der Waals surface area contributed by atoms with Gasteiger partial charge >= 0.3 is 0 Å². The summed E-state index contributed by atoms with van der Waals surface area (Å²) in [5, 5.41) is 4.86. The fourth-order valence-electron chi connectivity index (χ4n) is 2.12. The maximum absolute atomic E-state index is 13.1. The summed E-state index contributed by atoms with van der Waals surface area (Å²) in [6.07, 6.45) is 1.91. The number of aromatic nitrogens is 2. The standard InChI is InChI=1S/C14H13FN2O2/c1-18-9-13-7-12(16-19-13)8-17-5-4-10-6-11(15)2-3-14(10)17/h2-7H,8-9H2,1H3. The molecule has 0 bridgehead atoms. The summed E-state index contributed by atoms with van der Waals surface area (Å²) in [4.78, 5) is 0. The molecule has 0 aliphatic rings. The fourth-order valence-corrected chi connectivity index (χ4v) is 2.12. The van der Waals surface area contributed by atoms with Crippen molar-refractivity contribution in [3.63, 3.8) is 0 Å². The molecular weight excluding hydrogens is 247 g/mol. The first-order valence-corrected chi connectivity index (χ1v) is 5.94. The highest BCUT2D eigenvalue weighted by Crippen LogP contribution is 2.18. The second-order valence-corrected chi connectivity index (χ2v) is 4.36. The molecule has 0 spiro atoms. The van der Waals surface area contributed by atoms with Crippen LogP contribution in [0.5, 0.6) is 0 Å². The number of fused-ring (bicyclic) bond motifs is 1. The van der Waals surface area contributed by atoms with E-state index >= 15 is 0 Å². The molecule has 0 radical (unpaired) electrons. The summed E-state index contributed by atoms with van der Waals surface area (Å²) in [6.45, 7) is 0.993. The lowest BCUT2D eigenvalue weighted by molar-refractivity contribution is 0.155. The third-order valence-electron chi connectivity index (χ3n) is 2.96. The first kappa shape index (κ1) is 11.9. The van der Waals surface area contributed by atoms with Crippen molar-refractivity contribution in [3.05, 3.63) is 53.8 Å². The average molecular weight is 260 g/mol. The molecule has 1 aromatic carbocycles. The molecule has 4 nitrogen and oxygen atoms in total. The number of ether oxygens (including phenoxy) is 1. The summed E-state index contributed by atoms with van der Waals surface area (Å²) < 4.78 is 25.2. The van der Waals surface area contributed by atoms with Gasteiger partial charge in [-0.25, -0.2) is 4.39 Å². The second kappa shape index (κ2) is 4.85. The van der Waals surface area contributed by atoms with Gasteiger partial charge in [0.1, 0.15) is 18.1 Å². The van der Waals surface area contributed by atoms with Crippen molar-refractivity contribution in [2.24, 2.45) is 0 Å². The lowest BCUT2D eigenvalue weighted by atomic mass is 10.2. The monoisotopic (exact) mass is 260 g/mol. The van der Waals surface area contributed by atoms with E-state index in [1.165, 1.54) is 12.1 Å². The van der Waals surface area contributed by atoms with Crippen LogP contribution in [0.25, 0.3) is 10.9 Å². The molecule has 5 heteroatoms. The van der Waals surface area contributed by atoms with E-state index in [1.54, 1.807) is 13.2 Å². The van der Waals surface area contributed by atoms with E-state index in [0.717, 1.165) is 16.6 Å². The highest BCUT2D eigenvalue weighted by molar-refractivity contribution is 5.80. The van der Waals surface area contributed by atoms with Crippen molar-refractivity contribution < 1.29 is 13.7 Å². The zero-order valence-electron chi connectivity index (χ0n) is 10.5. The molecule has 0 saturated heterocycles. The van der Waals surface area contributed by atoms with E-state index in [1.807, 2.05) is 22.9 Å². The SMILES string of the molecule is COCc1cc(Cn2ccc3cc(F)ccc32)no1. The van der Waals surface area contributed by atoms with Crippen molar-refractivity contribution in [1.82, 2.24) is 9.72 Å². The van der Waals surface area contributed by atoms with E-state index < -0.39 is 0 Å². The molecule has 0 N–H and O–H groups in total. The average Bonchev–Trinajstić information content (AvgIpc) is 2.98. The number of halogens is 1. The van der Waals surface area contributed by atoms with Crippen LogP contribution in [0.2, 0.25) is 0 Å². The van der Waals surface area contributed by atoms with Gasteiger partial charge in [-0.2, -0.15) is 0 Å². The zero-order valence-corrected chi connectivity index (χ0v) is 10.5. The van der Waals surface area contributed by atoms with Crippen LogP contribution in [-0.2, 0) is 17.9 Å². The van der Waals surface area contributed by atoms with E-state index in [4.69, 9.17) is 9.26 Å². The van der Waals surface area contributed by atoms with E-state index in [2.05, 4.69) is 5.16 Å². The largest absolute Gasteiger partial charge is 0.377 e. The Labute approximate surface area is 109 Å². The van der Waals surface area contributed by atoms with Crippen molar-refractivity contribution in [3.8, 4) is 0 Å². The molecule has 3 rings (SSSR count). The molecule has 2 aromatic heterocycles. The molecule has 0 atom stereocenters. The van der Waals surface area contributed by atoms with Gasteiger partial charge in [0.2, 0.25) is 0 Å². The molecule has 98 valence electrons. The van der Waals surface area contributed by atoms with Crippen LogP contribution in [-0.4, -0.2) is 16.8 Å². The molecule has 3 aromatic rings. The third kappa shape index (κ3) is 2.37. The van der Waals surface area contributed by atoms with E-state index in [-0.39, 0.29) is 5.82 Å². The lowest BCUT2D eigenvalue weighted by Gasteiger charge is -2.01. The minimum Gasteiger partial charge on any atom is -0.377 e. The highest BCUT2D eigenvalue weighted by Gasteiger charge is 2.07. The Hall–Kier alpha value is -2.14. The van der Waals surface area contributed by atoms with Crippen LogP contribution in [0.15, 0.2) is 41.1 Å². The Morgan fingerprint density at radius 2 is 2.21 bits per heavy atom. The normalized spacial score (nSPS) is 11.3. The van der Waals surface area contributed by atoms with Crippen LogP contribution in [0, 0.1) is 5.82 Å². The summed E-state index contributed by atoms with van der Waals surface area (Å²) in [5.74, 6) is 0.467. The molecule has 0 aliphatic carbocycles. The Balaban J connectivity index is 1.88. The topological polar surface area (TPSA) is 40.2 Å². The highest BCUT2D eigenvalue weighted by atomic mass is 19.1. The molecule has 2 heterocycles. The Morgan fingerprint density at radius 1 is 1.32 bits per heavy atom. The van der Waals surface area contributed by atoms with Gasteiger partial charge in [0, 0.05) is 30.3 Å². The van der Waals surface area contributed by atoms with E-state index in [9.17, 15) is 4.39 Å². The smallest absolute Gasteiger partial charge is 0.162 e. The number of rotatable bonds is 4. The number of hydrogen-bond acceptors (Lipinski definition) is 3. The minimum atomic E-state index is -0.228. The van der Waals surface area contributed by atoms with Crippen molar-refractivity contribution in [2.45, 2.75) is 13.2 Å². The van der Waals surface area contributed by atoms with Crippen LogP contribution in [0.4, 0.5) is 4.39 Å². The number of methoxy groups -OCH3 is 1. The van der Waals surface area contributed by atoms with Gasteiger partial charge in [-0.15, -0.1) is 0 Å². The van der Waals surface area contributed by atoms with Crippen molar-refractivity contribution >= 4 is 10.9 Å². The van der Waals surface area contributed by atoms with E-state index in [0.29, 0.717) is 18.9 Å². The number of nitrogens with zero attached hydrogens (tertiary/aromatic N) is 2. The molecule has 0 saturated carbocycles. The van der Waals surface area contributed by atoms with Crippen LogP contribution >= 0.6 is 0 Å². The first-order chi connectivity index (χ1) is 9.26. The van der Waals surface area contributed by atoms with Crippen LogP contribution in [0.3, 0.4) is 0 Å². The number of benzene rings is 1. The van der Waals surface area contributed by atoms with Gasteiger partial charge in [-0.3, -0.25) is 0 Å². The van der Waals surface area contributed by atoms with Crippen molar-refractivity contribution in [2.75, 3.05) is 7.11 Å². The summed E-state index contributed by atoms with van der Waals surface area (Å²) in [6, 6.07) is 8.48. The second-order valence-electron chi connectivity index (χ2n) is 4.36. The van der Waals surface area contributed by atoms with Crippen LogP contribution < -0.4 is 0 Å². The summed E-state index contributed by atoms with van der Waals surface area (Å²) >= 11 is 0. The Bertz CT molecular complexity index is 702. The fraction of sp³-hybridized carbons (Fsp3) is 0.214. The molecule has 0 fully saturated rings. The first-order valence-electron chi connectivity index (χ1n) is 5.94. The van der Waals surface area contributed by atoms with Gasteiger partial charge in [-0.05, 0) is 24.3 Å². The van der Waals surface area contributed by atoms with Gasteiger partial charge in [0.25, 0.3) is 0 Å². The van der Waals surface area contributed by atoms with Gasteiger partial charge in [0.15, 0.2) is 5.76 Å². The van der Waals surface area contributed by atoms with Gasteiger partial charge in [-0.1, -0.05) is 5.16 Å². The van der Waals surface area contributed by atoms with Gasteiger partial charge < -0.3 is 13.8 Å². The predicted octanol–water partition coefficient (Wildman–Crippen LogP) is 2.96. The summed E-state index contributed by atoms with van der Waals surface area (Å²) in [5.41, 5.74) is 1.78. The summed E-state index contributed by atoms with van der Waals surface area (Å²) in [7, 11) is 1.61. The predicted molar refractivity (Wildman–Crippen MR) is 68.2 cm³/mol. The maximum atomic E-state index is 13.1. The quantitative estimate of drug-likeness (QED) is 0.724. The zero-order chi connectivity index (χ0) is 13.2. The minimum absolute atomic E-state index is 0.228. The molecule has 0 unspecified atom stereocenters. The molecule has 0 amide bonds. The third-order valence-corrected chi connectivity index (χ3v) is 2.96. The molecular formula is C14H13FN2O2. The maximum Gasteiger partial charge on any atom is 0.162 e. The number of hydrogen-bond donors (Lipinski definition) is 0. The molecule has 19 heavy (non-hydrogen) atoms. The Morgan fingerprint density at radius 3 is 3.05 bits per heavy atom. The van der Waals surface area contributed by atoms with Crippen molar-refractivity contribution in [1.29, 1.82) is 0 Å². The Kier molecular flexibility index (Phi) is 3.05.